The highest BCUT2D eigenvalue weighted by molar-refractivity contribution is 5.99. The number of rotatable bonds is 8. The lowest BCUT2D eigenvalue weighted by Crippen LogP contribution is -2.36. The lowest BCUT2D eigenvalue weighted by molar-refractivity contribution is 0.0486. The van der Waals surface area contributed by atoms with Gasteiger partial charge in [0.15, 0.2) is 16.9 Å². The fraction of sp³-hybridized carbons (Fsp3) is 0.357. The Morgan fingerprint density at radius 3 is 2.74 bits per heavy atom. The van der Waals surface area contributed by atoms with Crippen molar-refractivity contribution in [1.82, 2.24) is 4.90 Å². The van der Waals surface area contributed by atoms with Crippen LogP contribution in [0.25, 0.3) is 11.0 Å². The summed E-state index contributed by atoms with van der Waals surface area (Å²) >= 11 is 0. The van der Waals surface area contributed by atoms with Gasteiger partial charge < -0.3 is 23.5 Å². The predicted molar refractivity (Wildman–Crippen MR) is 132 cm³/mol. The summed E-state index contributed by atoms with van der Waals surface area (Å²) in [6.07, 6.45) is 3.41. The largest absolute Gasteiger partial charge is 0.490 e. The van der Waals surface area contributed by atoms with E-state index >= 15 is 0 Å². The highest BCUT2D eigenvalue weighted by Crippen LogP contribution is 2.41. The van der Waals surface area contributed by atoms with E-state index in [2.05, 4.69) is 6.58 Å². The van der Waals surface area contributed by atoms with E-state index in [9.17, 15) is 9.59 Å². The summed E-state index contributed by atoms with van der Waals surface area (Å²) in [5.74, 6) is 0.919. The van der Waals surface area contributed by atoms with Crippen LogP contribution in [0.15, 0.2) is 58.3 Å². The first-order chi connectivity index (χ1) is 17.0. The fourth-order valence-corrected chi connectivity index (χ4v) is 4.91. The Bertz CT molecular complexity index is 1340. The van der Waals surface area contributed by atoms with Crippen LogP contribution in [0.3, 0.4) is 0 Å². The van der Waals surface area contributed by atoms with Gasteiger partial charge in [-0.15, -0.1) is 0 Å². The highest BCUT2D eigenvalue weighted by Gasteiger charge is 2.44. The zero-order chi connectivity index (χ0) is 24.5. The summed E-state index contributed by atoms with van der Waals surface area (Å²) in [5, 5.41) is 0.469. The Morgan fingerprint density at radius 2 is 2.00 bits per heavy atom. The number of carbonyl (C=O) groups excluding carboxylic acids is 1. The van der Waals surface area contributed by atoms with Crippen molar-refractivity contribution >= 4 is 16.9 Å². The molecule has 2 aromatic carbocycles. The van der Waals surface area contributed by atoms with E-state index in [4.69, 9.17) is 18.6 Å². The smallest absolute Gasteiger partial charge is 0.291 e. The molecule has 0 radical (unpaired) electrons. The van der Waals surface area contributed by atoms with Crippen LogP contribution in [0.5, 0.6) is 11.5 Å². The SMILES string of the molecule is C=CCOc1ccc(C2c3c(oc4ccc(C)cc4c3=O)C(=O)N2CC2CCCO2)cc1OCC. The Morgan fingerprint density at radius 1 is 1.14 bits per heavy atom. The third kappa shape index (κ3) is 4.21. The summed E-state index contributed by atoms with van der Waals surface area (Å²) < 4.78 is 23.5. The minimum Gasteiger partial charge on any atom is -0.490 e. The molecule has 7 heteroatoms. The summed E-state index contributed by atoms with van der Waals surface area (Å²) in [5.41, 5.74) is 2.28. The van der Waals surface area contributed by atoms with Crippen LogP contribution < -0.4 is 14.9 Å². The maximum Gasteiger partial charge on any atom is 0.291 e. The minimum atomic E-state index is -0.615. The van der Waals surface area contributed by atoms with Gasteiger partial charge in [-0.25, -0.2) is 0 Å². The van der Waals surface area contributed by atoms with Crippen molar-refractivity contribution in [2.24, 2.45) is 0 Å². The maximum absolute atomic E-state index is 13.8. The molecule has 1 aromatic heterocycles. The van der Waals surface area contributed by atoms with Crippen molar-refractivity contribution in [3.63, 3.8) is 0 Å². The molecule has 2 aliphatic rings. The van der Waals surface area contributed by atoms with E-state index in [1.54, 1.807) is 17.0 Å². The van der Waals surface area contributed by atoms with E-state index < -0.39 is 6.04 Å². The summed E-state index contributed by atoms with van der Waals surface area (Å²) in [6, 6.07) is 10.3. The van der Waals surface area contributed by atoms with E-state index in [0.717, 1.165) is 24.0 Å². The van der Waals surface area contributed by atoms with Crippen molar-refractivity contribution in [1.29, 1.82) is 0 Å². The Balaban J connectivity index is 1.67. The average molecular weight is 476 g/mol. The van der Waals surface area contributed by atoms with Gasteiger partial charge in [0.05, 0.1) is 29.7 Å². The lowest BCUT2D eigenvalue weighted by Gasteiger charge is -2.28. The van der Waals surface area contributed by atoms with Gasteiger partial charge in [-0.1, -0.05) is 30.4 Å². The van der Waals surface area contributed by atoms with E-state index in [1.165, 1.54) is 0 Å². The van der Waals surface area contributed by atoms with Crippen molar-refractivity contribution in [2.45, 2.75) is 38.8 Å². The van der Waals surface area contributed by atoms with Gasteiger partial charge >= 0.3 is 0 Å². The van der Waals surface area contributed by atoms with Crippen LogP contribution in [0, 0.1) is 6.92 Å². The molecule has 35 heavy (non-hydrogen) atoms. The number of fused-ring (bicyclic) bond motifs is 2. The molecule has 7 nitrogen and oxygen atoms in total. The number of nitrogens with zero attached hydrogens (tertiary/aromatic N) is 1. The molecule has 0 N–H and O–H groups in total. The molecule has 5 rings (SSSR count). The van der Waals surface area contributed by atoms with Crippen molar-refractivity contribution in [2.75, 3.05) is 26.4 Å². The first kappa shape index (κ1) is 23.2. The van der Waals surface area contributed by atoms with Gasteiger partial charge in [-0.3, -0.25) is 9.59 Å². The van der Waals surface area contributed by atoms with E-state index in [-0.39, 0.29) is 23.2 Å². The van der Waals surface area contributed by atoms with Gasteiger partial charge in [-0.05, 0) is 56.5 Å². The number of amides is 1. The first-order valence-corrected chi connectivity index (χ1v) is 12.0. The zero-order valence-corrected chi connectivity index (χ0v) is 20.0. The van der Waals surface area contributed by atoms with Crippen LogP contribution in [-0.4, -0.2) is 43.3 Å². The third-order valence-electron chi connectivity index (χ3n) is 6.49. The molecule has 3 aromatic rings. The van der Waals surface area contributed by atoms with Crippen molar-refractivity contribution < 1.29 is 23.4 Å². The molecule has 0 bridgehead atoms. The molecular formula is C28H29NO6. The molecule has 1 fully saturated rings. The normalized spacial score (nSPS) is 19.3. The van der Waals surface area contributed by atoms with Gasteiger partial charge in [0.1, 0.15) is 12.2 Å². The quantitative estimate of drug-likeness (QED) is 0.436. The first-order valence-electron chi connectivity index (χ1n) is 12.0. The molecule has 2 aliphatic heterocycles. The summed E-state index contributed by atoms with van der Waals surface area (Å²) in [7, 11) is 0. The van der Waals surface area contributed by atoms with Crippen molar-refractivity contribution in [3.05, 3.63) is 81.7 Å². The molecule has 1 saturated heterocycles. The van der Waals surface area contributed by atoms with E-state index in [1.807, 2.05) is 44.2 Å². The van der Waals surface area contributed by atoms with Crippen LogP contribution in [0.1, 0.15) is 53.1 Å². The maximum atomic E-state index is 13.8. The lowest BCUT2D eigenvalue weighted by atomic mass is 9.97. The number of carbonyl (C=O) groups is 1. The second kappa shape index (κ2) is 9.58. The molecule has 2 unspecified atom stereocenters. The molecule has 0 saturated carbocycles. The Hall–Kier alpha value is -3.58. The molecule has 0 spiro atoms. The van der Waals surface area contributed by atoms with Crippen LogP contribution in [0.2, 0.25) is 0 Å². The van der Waals surface area contributed by atoms with Gasteiger partial charge in [-0.2, -0.15) is 0 Å². The second-order valence-corrected chi connectivity index (χ2v) is 8.91. The Labute approximate surface area is 203 Å². The predicted octanol–water partition coefficient (Wildman–Crippen LogP) is 4.79. The molecule has 182 valence electrons. The van der Waals surface area contributed by atoms with E-state index in [0.29, 0.717) is 54.4 Å². The van der Waals surface area contributed by atoms with Crippen LogP contribution in [-0.2, 0) is 4.74 Å². The minimum absolute atomic E-state index is 0.0796. The highest BCUT2D eigenvalue weighted by atomic mass is 16.5. The van der Waals surface area contributed by atoms with Crippen LogP contribution in [0.4, 0.5) is 0 Å². The second-order valence-electron chi connectivity index (χ2n) is 8.91. The van der Waals surface area contributed by atoms with Gasteiger partial charge in [0.25, 0.3) is 5.91 Å². The third-order valence-corrected chi connectivity index (χ3v) is 6.49. The number of aryl methyl sites for hydroxylation is 1. The zero-order valence-electron chi connectivity index (χ0n) is 20.0. The molecule has 2 atom stereocenters. The van der Waals surface area contributed by atoms with Gasteiger partial charge in [0, 0.05) is 13.2 Å². The standard InChI is InChI=1S/C28H29NO6/c1-4-12-34-22-11-9-18(15-23(22)32-5-2)25-24-26(30)20-14-17(3)8-10-21(20)35-27(24)28(31)29(25)16-19-7-6-13-33-19/h4,8-11,14-15,19,25H,1,5-7,12-13,16H2,2-3H3. The number of hydrogen-bond donors (Lipinski definition) is 0. The van der Waals surface area contributed by atoms with Crippen molar-refractivity contribution in [3.8, 4) is 11.5 Å². The topological polar surface area (TPSA) is 78.2 Å². The van der Waals surface area contributed by atoms with Crippen LogP contribution >= 0.6 is 0 Å². The molecule has 1 amide bonds. The van der Waals surface area contributed by atoms with Gasteiger partial charge in [0.2, 0.25) is 5.76 Å². The number of benzene rings is 2. The monoisotopic (exact) mass is 475 g/mol. The Kier molecular flexibility index (Phi) is 6.34. The summed E-state index contributed by atoms with van der Waals surface area (Å²) in [6.45, 7) is 9.35. The number of ether oxygens (including phenoxy) is 3. The average Bonchev–Trinajstić information content (AvgIpc) is 3.46. The molecular weight excluding hydrogens is 446 g/mol. The molecule has 0 aliphatic carbocycles. The summed E-state index contributed by atoms with van der Waals surface area (Å²) in [4.78, 5) is 29.1. The fourth-order valence-electron chi connectivity index (χ4n) is 4.91. The molecule has 3 heterocycles. The number of hydrogen-bond acceptors (Lipinski definition) is 6.